The molecule has 0 fully saturated rings. The van der Waals surface area contributed by atoms with Gasteiger partial charge in [-0.1, -0.05) is 17.7 Å². The molecule has 4 bridgehead atoms. The van der Waals surface area contributed by atoms with E-state index in [0.717, 1.165) is 16.7 Å². The fourth-order valence-electron chi connectivity index (χ4n) is 3.50. The van der Waals surface area contributed by atoms with E-state index in [4.69, 9.17) is 9.15 Å². The van der Waals surface area contributed by atoms with E-state index in [0.29, 0.717) is 36.4 Å². The summed E-state index contributed by atoms with van der Waals surface area (Å²) in [5.41, 5.74) is 3.57. The molecule has 1 N–H and O–H groups in total. The van der Waals surface area contributed by atoms with E-state index in [1.54, 1.807) is 0 Å². The second-order valence-electron chi connectivity index (χ2n) is 6.96. The number of hydrogen-bond acceptors (Lipinski definition) is 4. The highest BCUT2D eigenvalue weighted by molar-refractivity contribution is 5.90. The van der Waals surface area contributed by atoms with Gasteiger partial charge in [-0.25, -0.2) is 4.79 Å². The molecule has 1 aromatic rings. The fourth-order valence-corrected chi connectivity index (χ4v) is 3.50. The molecule has 0 spiro atoms. The first-order valence-corrected chi connectivity index (χ1v) is 8.37. The molecular formula is C20H24O4. The van der Waals surface area contributed by atoms with Crippen LogP contribution < -0.4 is 0 Å². The lowest BCUT2D eigenvalue weighted by Gasteiger charge is -2.22. The van der Waals surface area contributed by atoms with Crippen LogP contribution in [0.2, 0.25) is 0 Å². The molecule has 4 nitrogen and oxygen atoms in total. The third kappa shape index (κ3) is 3.24. The Labute approximate surface area is 142 Å². The third-order valence-corrected chi connectivity index (χ3v) is 4.80. The monoisotopic (exact) mass is 328 g/mol. The Balaban J connectivity index is 2.02. The van der Waals surface area contributed by atoms with Crippen molar-refractivity contribution in [3.63, 3.8) is 0 Å². The number of esters is 1. The van der Waals surface area contributed by atoms with E-state index in [2.05, 4.69) is 6.58 Å². The van der Waals surface area contributed by atoms with Crippen LogP contribution in [0.4, 0.5) is 0 Å². The maximum atomic E-state index is 12.0. The van der Waals surface area contributed by atoms with Gasteiger partial charge in [0.25, 0.3) is 0 Å². The maximum absolute atomic E-state index is 12.0. The largest absolute Gasteiger partial charge is 0.459 e. The van der Waals surface area contributed by atoms with Gasteiger partial charge in [-0.3, -0.25) is 0 Å². The maximum Gasteiger partial charge on any atom is 0.334 e. The summed E-state index contributed by atoms with van der Waals surface area (Å²) in [7, 11) is 0. The first-order valence-electron chi connectivity index (χ1n) is 8.37. The van der Waals surface area contributed by atoms with Gasteiger partial charge in [0.1, 0.15) is 23.7 Å². The molecule has 0 radical (unpaired) electrons. The van der Waals surface area contributed by atoms with Crippen molar-refractivity contribution in [3.8, 4) is 0 Å². The fraction of sp³-hybridized carbons (Fsp3) is 0.450. The van der Waals surface area contributed by atoms with Crippen LogP contribution in [-0.4, -0.2) is 17.2 Å². The molecule has 0 saturated carbocycles. The van der Waals surface area contributed by atoms with E-state index >= 15 is 0 Å². The minimum absolute atomic E-state index is 0.165. The standard InChI is InChI=1S/C20H24O4/c1-11(2)17-6-5-14-10-16(24-20(14)22)8-12(3)7-15-9-13(4)19(23-15)18(17)21/h7,9-10,16-18,21H,1,5-6,8H2,2-4H3/t16-,17?,18-/m0/s1. The van der Waals surface area contributed by atoms with Gasteiger partial charge in [0, 0.05) is 17.9 Å². The molecule has 24 heavy (non-hydrogen) atoms. The highest BCUT2D eigenvalue weighted by Gasteiger charge is 2.30. The van der Waals surface area contributed by atoms with Crippen LogP contribution in [-0.2, 0) is 9.53 Å². The number of hydrogen-bond donors (Lipinski definition) is 1. The van der Waals surface area contributed by atoms with Gasteiger partial charge in [-0.15, -0.1) is 0 Å². The summed E-state index contributed by atoms with van der Waals surface area (Å²) < 4.78 is 11.3. The second-order valence-corrected chi connectivity index (χ2v) is 6.96. The average molecular weight is 328 g/mol. The Bertz CT molecular complexity index is 735. The number of aliphatic hydroxyl groups is 1. The predicted molar refractivity (Wildman–Crippen MR) is 92.2 cm³/mol. The quantitative estimate of drug-likeness (QED) is 0.618. The SMILES string of the molecule is C=C(C)C1CCC2=C[C@H](CC(C)=Cc3cc(C)c(o3)[C@H]1O)OC2=O. The van der Waals surface area contributed by atoms with E-state index in [-0.39, 0.29) is 18.0 Å². The van der Waals surface area contributed by atoms with Gasteiger partial charge < -0.3 is 14.3 Å². The molecular weight excluding hydrogens is 304 g/mol. The zero-order valence-corrected chi connectivity index (χ0v) is 14.5. The lowest BCUT2D eigenvalue weighted by atomic mass is 9.87. The number of carbonyl (C=O) groups is 1. The van der Waals surface area contributed by atoms with Crippen molar-refractivity contribution >= 4 is 12.0 Å². The van der Waals surface area contributed by atoms with Crippen LogP contribution in [0.25, 0.3) is 6.08 Å². The molecule has 1 unspecified atom stereocenters. The van der Waals surface area contributed by atoms with Crippen LogP contribution in [0.5, 0.6) is 0 Å². The number of fused-ring (bicyclic) bond motifs is 3. The van der Waals surface area contributed by atoms with Gasteiger partial charge >= 0.3 is 5.97 Å². The molecule has 0 aromatic carbocycles. The molecule has 2 aliphatic rings. The van der Waals surface area contributed by atoms with Gasteiger partial charge in [0.05, 0.1) is 0 Å². The number of ether oxygens (including phenoxy) is 1. The Morgan fingerprint density at radius 3 is 2.83 bits per heavy atom. The summed E-state index contributed by atoms with van der Waals surface area (Å²) in [4.78, 5) is 12.0. The Morgan fingerprint density at radius 2 is 2.12 bits per heavy atom. The third-order valence-electron chi connectivity index (χ3n) is 4.80. The predicted octanol–water partition coefficient (Wildman–Crippen LogP) is 4.25. The van der Waals surface area contributed by atoms with Crippen molar-refractivity contribution in [1.82, 2.24) is 0 Å². The van der Waals surface area contributed by atoms with Gasteiger partial charge in [-0.05, 0) is 57.4 Å². The Kier molecular flexibility index (Phi) is 4.50. The summed E-state index contributed by atoms with van der Waals surface area (Å²) in [5.74, 6) is 0.894. The van der Waals surface area contributed by atoms with Crippen LogP contribution in [0, 0.1) is 12.8 Å². The van der Waals surface area contributed by atoms with Crippen molar-refractivity contribution in [1.29, 1.82) is 0 Å². The zero-order chi connectivity index (χ0) is 17.4. The lowest BCUT2D eigenvalue weighted by Crippen LogP contribution is -2.15. The summed E-state index contributed by atoms with van der Waals surface area (Å²) in [6.45, 7) is 9.84. The summed E-state index contributed by atoms with van der Waals surface area (Å²) in [5, 5.41) is 10.8. The topological polar surface area (TPSA) is 59.7 Å². The average Bonchev–Trinajstić information content (AvgIpc) is 3.01. The molecule has 0 saturated heterocycles. The summed E-state index contributed by atoms with van der Waals surface area (Å²) >= 11 is 0. The summed E-state index contributed by atoms with van der Waals surface area (Å²) in [6.07, 6.45) is 4.73. The van der Waals surface area contributed by atoms with Gasteiger partial charge in [-0.2, -0.15) is 0 Å². The Hall–Kier alpha value is -2.07. The number of carbonyl (C=O) groups excluding carboxylic acids is 1. The highest BCUT2D eigenvalue weighted by atomic mass is 16.5. The highest BCUT2D eigenvalue weighted by Crippen LogP contribution is 2.36. The minimum Gasteiger partial charge on any atom is -0.459 e. The molecule has 0 amide bonds. The lowest BCUT2D eigenvalue weighted by molar-refractivity contribution is -0.139. The molecule has 0 aliphatic carbocycles. The van der Waals surface area contributed by atoms with Crippen LogP contribution in [0.1, 0.15) is 56.3 Å². The molecule has 3 atom stereocenters. The second kappa shape index (κ2) is 6.44. The van der Waals surface area contributed by atoms with Crippen molar-refractivity contribution in [2.75, 3.05) is 0 Å². The van der Waals surface area contributed by atoms with E-state index < -0.39 is 6.10 Å². The van der Waals surface area contributed by atoms with E-state index in [1.807, 2.05) is 39.0 Å². The van der Waals surface area contributed by atoms with E-state index in [1.165, 1.54) is 0 Å². The van der Waals surface area contributed by atoms with Crippen LogP contribution >= 0.6 is 0 Å². The number of furan rings is 1. The molecule has 4 heteroatoms. The number of aliphatic hydroxyl groups excluding tert-OH is 1. The van der Waals surface area contributed by atoms with E-state index in [9.17, 15) is 9.90 Å². The molecule has 1 aromatic heterocycles. The minimum atomic E-state index is -0.764. The molecule has 3 heterocycles. The summed E-state index contributed by atoms with van der Waals surface area (Å²) in [6, 6.07) is 1.94. The first-order chi connectivity index (χ1) is 11.3. The number of aryl methyl sites for hydroxylation is 1. The van der Waals surface area contributed by atoms with Crippen molar-refractivity contribution in [3.05, 3.63) is 52.5 Å². The number of rotatable bonds is 1. The van der Waals surface area contributed by atoms with Crippen molar-refractivity contribution in [2.24, 2.45) is 5.92 Å². The molecule has 128 valence electrons. The van der Waals surface area contributed by atoms with Crippen molar-refractivity contribution in [2.45, 2.75) is 52.2 Å². The van der Waals surface area contributed by atoms with Gasteiger partial charge in [0.15, 0.2) is 0 Å². The van der Waals surface area contributed by atoms with Gasteiger partial charge in [0.2, 0.25) is 0 Å². The Morgan fingerprint density at radius 1 is 1.38 bits per heavy atom. The molecule has 2 aliphatic heterocycles. The smallest absolute Gasteiger partial charge is 0.334 e. The molecule has 3 rings (SSSR count). The first kappa shape index (κ1) is 16.8. The van der Waals surface area contributed by atoms with Crippen LogP contribution in [0.3, 0.4) is 0 Å². The normalized spacial score (nSPS) is 27.3. The van der Waals surface area contributed by atoms with Crippen LogP contribution in [0.15, 0.2) is 39.9 Å². The zero-order valence-electron chi connectivity index (χ0n) is 14.5. The van der Waals surface area contributed by atoms with Crippen molar-refractivity contribution < 1.29 is 19.1 Å².